The van der Waals surface area contributed by atoms with Crippen LogP contribution in [-0.2, 0) is 14.3 Å². The van der Waals surface area contributed by atoms with E-state index in [-0.39, 0.29) is 11.3 Å². The van der Waals surface area contributed by atoms with Crippen LogP contribution in [0.5, 0.6) is 0 Å². The molecule has 1 atom stereocenters. The number of nitrogens with one attached hydrogen (secondary N) is 1. The molecule has 1 heterocycles. The summed E-state index contributed by atoms with van der Waals surface area (Å²) in [5, 5.41) is 2.75. The number of rotatable bonds is 3. The molecule has 94 valence electrons. The molecule has 16 heavy (non-hydrogen) atoms. The third-order valence-corrected chi connectivity index (χ3v) is 2.58. The van der Waals surface area contributed by atoms with Crippen LogP contribution in [0.15, 0.2) is 0 Å². The van der Waals surface area contributed by atoms with Crippen molar-refractivity contribution in [3.8, 4) is 0 Å². The first-order valence-corrected chi connectivity index (χ1v) is 5.58. The van der Waals surface area contributed by atoms with Crippen LogP contribution in [0.3, 0.4) is 0 Å². The van der Waals surface area contributed by atoms with Gasteiger partial charge in [0.1, 0.15) is 6.10 Å². The Bertz CT molecular complexity index is 264. The Morgan fingerprint density at radius 1 is 1.44 bits per heavy atom. The summed E-state index contributed by atoms with van der Waals surface area (Å²) in [6, 6.07) is 0. The van der Waals surface area contributed by atoms with E-state index in [4.69, 9.17) is 15.2 Å². The summed E-state index contributed by atoms with van der Waals surface area (Å²) in [7, 11) is 0. The first-order chi connectivity index (χ1) is 7.28. The number of carbonyl (C=O) groups excluding carboxylic acids is 1. The highest BCUT2D eigenvalue weighted by Gasteiger charge is 2.45. The Kier molecular flexibility index (Phi) is 3.93. The van der Waals surface area contributed by atoms with Crippen molar-refractivity contribution in [3.63, 3.8) is 0 Å². The first kappa shape index (κ1) is 13.4. The third kappa shape index (κ3) is 3.17. The van der Waals surface area contributed by atoms with Gasteiger partial charge in [-0.3, -0.25) is 4.79 Å². The predicted octanol–water partition coefficient (Wildman–Crippen LogP) is 0.239. The standard InChI is InChI=1S/C11H22N2O3/c1-10(2)7-15-11(3,4)16-8(10)9(14)13-6-5-12/h8H,5-7,12H2,1-4H3,(H,13,14)/t8-/m0/s1. The molecule has 1 saturated heterocycles. The van der Waals surface area contributed by atoms with Crippen molar-refractivity contribution in [2.75, 3.05) is 19.7 Å². The minimum atomic E-state index is -0.708. The molecular formula is C11H22N2O3. The van der Waals surface area contributed by atoms with E-state index in [9.17, 15) is 4.79 Å². The quantitative estimate of drug-likeness (QED) is 0.728. The molecule has 1 amide bonds. The summed E-state index contributed by atoms with van der Waals surface area (Å²) >= 11 is 0. The highest BCUT2D eigenvalue weighted by atomic mass is 16.7. The highest BCUT2D eigenvalue weighted by Crippen LogP contribution is 2.34. The van der Waals surface area contributed by atoms with Gasteiger partial charge in [-0.1, -0.05) is 13.8 Å². The van der Waals surface area contributed by atoms with E-state index in [1.165, 1.54) is 0 Å². The van der Waals surface area contributed by atoms with Gasteiger partial charge in [-0.15, -0.1) is 0 Å². The van der Waals surface area contributed by atoms with Crippen LogP contribution in [-0.4, -0.2) is 37.5 Å². The zero-order chi connectivity index (χ0) is 12.4. The number of hydrogen-bond donors (Lipinski definition) is 2. The number of amides is 1. The molecular weight excluding hydrogens is 208 g/mol. The summed E-state index contributed by atoms with van der Waals surface area (Å²) in [5.41, 5.74) is 5.02. The van der Waals surface area contributed by atoms with Gasteiger partial charge in [-0.2, -0.15) is 0 Å². The Labute approximate surface area is 96.7 Å². The smallest absolute Gasteiger partial charge is 0.249 e. The van der Waals surface area contributed by atoms with E-state index in [1.54, 1.807) is 0 Å². The van der Waals surface area contributed by atoms with Gasteiger partial charge in [0.25, 0.3) is 0 Å². The largest absolute Gasteiger partial charge is 0.353 e. The highest BCUT2D eigenvalue weighted by molar-refractivity contribution is 5.81. The van der Waals surface area contributed by atoms with Crippen LogP contribution in [0.2, 0.25) is 0 Å². The average molecular weight is 230 g/mol. The van der Waals surface area contributed by atoms with Crippen LogP contribution < -0.4 is 11.1 Å². The van der Waals surface area contributed by atoms with Crippen LogP contribution in [0.25, 0.3) is 0 Å². The molecule has 0 spiro atoms. The molecule has 0 unspecified atom stereocenters. The summed E-state index contributed by atoms with van der Waals surface area (Å²) < 4.78 is 11.2. The molecule has 1 rings (SSSR count). The van der Waals surface area contributed by atoms with Crippen LogP contribution in [0.4, 0.5) is 0 Å². The summed E-state index contributed by atoms with van der Waals surface area (Å²) in [5.74, 6) is -0.827. The maximum atomic E-state index is 11.9. The maximum absolute atomic E-state index is 11.9. The van der Waals surface area contributed by atoms with Gasteiger partial charge in [0.05, 0.1) is 6.61 Å². The van der Waals surface area contributed by atoms with Crippen LogP contribution in [0.1, 0.15) is 27.7 Å². The summed E-state index contributed by atoms with van der Waals surface area (Å²) in [6.07, 6.45) is -0.497. The van der Waals surface area contributed by atoms with Gasteiger partial charge in [0, 0.05) is 18.5 Å². The maximum Gasteiger partial charge on any atom is 0.249 e. The number of nitrogens with two attached hydrogens (primary N) is 1. The minimum Gasteiger partial charge on any atom is -0.353 e. The predicted molar refractivity (Wildman–Crippen MR) is 60.7 cm³/mol. The van der Waals surface area contributed by atoms with Crippen LogP contribution in [0, 0.1) is 5.41 Å². The van der Waals surface area contributed by atoms with E-state index in [0.29, 0.717) is 19.7 Å². The van der Waals surface area contributed by atoms with Gasteiger partial charge in [-0.05, 0) is 13.8 Å². The molecule has 0 aliphatic carbocycles. The Hall–Kier alpha value is -0.650. The number of carbonyl (C=O) groups is 1. The molecule has 0 aromatic rings. The number of ether oxygens (including phenoxy) is 2. The monoisotopic (exact) mass is 230 g/mol. The first-order valence-electron chi connectivity index (χ1n) is 5.58. The Morgan fingerprint density at radius 3 is 2.62 bits per heavy atom. The van der Waals surface area contributed by atoms with Gasteiger partial charge in [-0.25, -0.2) is 0 Å². The number of hydrogen-bond acceptors (Lipinski definition) is 4. The fourth-order valence-electron chi connectivity index (χ4n) is 1.61. The van der Waals surface area contributed by atoms with Crippen molar-refractivity contribution in [1.29, 1.82) is 0 Å². The van der Waals surface area contributed by atoms with Crippen molar-refractivity contribution >= 4 is 5.91 Å². The lowest BCUT2D eigenvalue weighted by Gasteiger charge is -2.44. The summed E-state index contributed by atoms with van der Waals surface area (Å²) in [6.45, 7) is 8.93. The Balaban J connectivity index is 2.69. The second-order valence-corrected chi connectivity index (χ2v) is 5.25. The van der Waals surface area contributed by atoms with Crippen molar-refractivity contribution < 1.29 is 14.3 Å². The van der Waals surface area contributed by atoms with Gasteiger partial charge in [0.2, 0.25) is 5.91 Å². The van der Waals surface area contributed by atoms with Crippen molar-refractivity contribution in [2.24, 2.45) is 11.1 Å². The fourth-order valence-corrected chi connectivity index (χ4v) is 1.61. The zero-order valence-electron chi connectivity index (χ0n) is 10.5. The van der Waals surface area contributed by atoms with Gasteiger partial charge < -0.3 is 20.5 Å². The summed E-state index contributed by atoms with van der Waals surface area (Å²) in [4.78, 5) is 11.9. The molecule has 1 aliphatic heterocycles. The molecule has 0 aromatic carbocycles. The lowest BCUT2D eigenvalue weighted by atomic mass is 9.85. The van der Waals surface area contributed by atoms with E-state index < -0.39 is 11.9 Å². The normalized spacial score (nSPS) is 27.4. The molecule has 5 heteroatoms. The van der Waals surface area contributed by atoms with Crippen LogP contribution >= 0.6 is 0 Å². The molecule has 5 nitrogen and oxygen atoms in total. The third-order valence-electron chi connectivity index (χ3n) is 2.58. The topological polar surface area (TPSA) is 73.6 Å². The van der Waals surface area contributed by atoms with E-state index in [2.05, 4.69) is 5.32 Å². The second kappa shape index (κ2) is 4.69. The fraction of sp³-hybridized carbons (Fsp3) is 0.909. The molecule has 0 radical (unpaired) electrons. The molecule has 3 N–H and O–H groups in total. The molecule has 0 saturated carbocycles. The zero-order valence-corrected chi connectivity index (χ0v) is 10.5. The van der Waals surface area contributed by atoms with Gasteiger partial charge >= 0.3 is 0 Å². The minimum absolute atomic E-state index is 0.119. The molecule has 0 aromatic heterocycles. The average Bonchev–Trinajstić information content (AvgIpc) is 2.19. The van der Waals surface area contributed by atoms with E-state index in [1.807, 2.05) is 27.7 Å². The van der Waals surface area contributed by atoms with E-state index >= 15 is 0 Å². The molecule has 0 bridgehead atoms. The molecule has 1 fully saturated rings. The Morgan fingerprint density at radius 2 is 2.06 bits per heavy atom. The lowest BCUT2D eigenvalue weighted by molar-refractivity contribution is -0.304. The van der Waals surface area contributed by atoms with Gasteiger partial charge in [0.15, 0.2) is 5.79 Å². The second-order valence-electron chi connectivity index (χ2n) is 5.25. The van der Waals surface area contributed by atoms with Crippen molar-refractivity contribution in [2.45, 2.75) is 39.6 Å². The molecule has 1 aliphatic rings. The SMILES string of the molecule is CC1(C)OCC(C)(C)[C@H](C(=O)NCCN)O1. The van der Waals surface area contributed by atoms with Crippen molar-refractivity contribution in [1.82, 2.24) is 5.32 Å². The van der Waals surface area contributed by atoms with Crippen molar-refractivity contribution in [3.05, 3.63) is 0 Å². The van der Waals surface area contributed by atoms with E-state index in [0.717, 1.165) is 0 Å². The lowest BCUT2D eigenvalue weighted by Crippen LogP contribution is -2.56.